The van der Waals surface area contributed by atoms with Gasteiger partial charge in [0.1, 0.15) is 11.6 Å². The van der Waals surface area contributed by atoms with Gasteiger partial charge in [-0.15, -0.1) is 10.2 Å². The van der Waals surface area contributed by atoms with E-state index in [0.717, 1.165) is 69.5 Å². The predicted octanol–water partition coefficient (Wildman–Crippen LogP) is 2.00. The lowest BCUT2D eigenvalue weighted by Crippen LogP contribution is -2.49. The van der Waals surface area contributed by atoms with Crippen LogP contribution in [-0.4, -0.2) is 64.0 Å². The lowest BCUT2D eigenvalue weighted by molar-refractivity contribution is -0.0772. The van der Waals surface area contributed by atoms with Gasteiger partial charge in [0, 0.05) is 39.6 Å². The number of piperidine rings is 1. The van der Waals surface area contributed by atoms with Crippen molar-refractivity contribution in [3.8, 4) is 0 Å². The molecule has 0 saturated carbocycles. The van der Waals surface area contributed by atoms with E-state index in [1.54, 1.807) is 0 Å². The molecule has 0 aromatic carbocycles. The Morgan fingerprint density at radius 3 is 2.62 bits per heavy atom. The summed E-state index contributed by atoms with van der Waals surface area (Å²) in [6.07, 6.45) is 4.65. The predicted molar refractivity (Wildman–Crippen MR) is 103 cm³/mol. The Bertz CT molecular complexity index is 624. The first-order valence-electron chi connectivity index (χ1n) is 9.88. The number of aliphatic imine (C=N–C) groups is 1. The zero-order chi connectivity index (χ0) is 18.7. The SMILES string of the molecule is CN=C(NCC1CCc2nnc(C)n2C1)N1CCC(OC(C)(C)C)CC1. The molecule has 0 bridgehead atoms. The Morgan fingerprint density at radius 2 is 1.96 bits per heavy atom. The van der Waals surface area contributed by atoms with Crippen LogP contribution >= 0.6 is 0 Å². The Hall–Kier alpha value is -1.63. The van der Waals surface area contributed by atoms with E-state index in [2.05, 4.69) is 50.7 Å². The summed E-state index contributed by atoms with van der Waals surface area (Å²) in [5.74, 6) is 3.76. The van der Waals surface area contributed by atoms with Gasteiger partial charge in [-0.2, -0.15) is 0 Å². The molecule has 1 saturated heterocycles. The van der Waals surface area contributed by atoms with Crippen molar-refractivity contribution in [3.05, 3.63) is 11.6 Å². The van der Waals surface area contributed by atoms with Gasteiger partial charge in [0.25, 0.3) is 0 Å². The van der Waals surface area contributed by atoms with Crippen LogP contribution in [0, 0.1) is 12.8 Å². The molecular formula is C19H34N6O. The quantitative estimate of drug-likeness (QED) is 0.658. The fourth-order valence-corrected chi connectivity index (χ4v) is 3.95. The van der Waals surface area contributed by atoms with Gasteiger partial charge in [-0.05, 0) is 52.9 Å². The molecule has 1 aromatic heterocycles. The summed E-state index contributed by atoms with van der Waals surface area (Å²) < 4.78 is 8.39. The van der Waals surface area contributed by atoms with Crippen LogP contribution < -0.4 is 5.32 Å². The monoisotopic (exact) mass is 362 g/mol. The smallest absolute Gasteiger partial charge is 0.193 e. The molecule has 3 heterocycles. The molecular weight excluding hydrogens is 328 g/mol. The van der Waals surface area contributed by atoms with E-state index in [1.807, 2.05) is 14.0 Å². The summed E-state index contributed by atoms with van der Waals surface area (Å²) >= 11 is 0. The maximum absolute atomic E-state index is 6.13. The third kappa shape index (κ3) is 4.75. The number of fused-ring (bicyclic) bond motifs is 1. The van der Waals surface area contributed by atoms with Crippen LogP contribution in [0.2, 0.25) is 0 Å². The summed E-state index contributed by atoms with van der Waals surface area (Å²) in [6, 6.07) is 0. The number of hydrogen-bond donors (Lipinski definition) is 1. The molecule has 2 aliphatic rings. The highest BCUT2D eigenvalue weighted by atomic mass is 16.5. The highest BCUT2D eigenvalue weighted by Gasteiger charge is 2.26. The van der Waals surface area contributed by atoms with Crippen LogP contribution in [-0.2, 0) is 17.7 Å². The normalized spacial score (nSPS) is 22.4. The molecule has 7 nitrogen and oxygen atoms in total. The largest absolute Gasteiger partial charge is 0.372 e. The number of nitrogens with one attached hydrogen (secondary N) is 1. The van der Waals surface area contributed by atoms with Crippen LogP contribution in [0.4, 0.5) is 0 Å². The van der Waals surface area contributed by atoms with Gasteiger partial charge in [-0.25, -0.2) is 0 Å². The van der Waals surface area contributed by atoms with Gasteiger partial charge in [-0.3, -0.25) is 4.99 Å². The number of guanidine groups is 1. The molecule has 0 aliphatic carbocycles. The summed E-state index contributed by atoms with van der Waals surface area (Å²) in [7, 11) is 1.88. The van der Waals surface area contributed by atoms with E-state index in [9.17, 15) is 0 Å². The molecule has 2 aliphatic heterocycles. The Morgan fingerprint density at radius 1 is 1.23 bits per heavy atom. The van der Waals surface area contributed by atoms with Crippen molar-refractivity contribution in [2.45, 2.75) is 71.6 Å². The third-order valence-corrected chi connectivity index (χ3v) is 5.25. The van der Waals surface area contributed by atoms with Gasteiger partial charge < -0.3 is 19.5 Å². The second-order valence-corrected chi connectivity index (χ2v) is 8.52. The second-order valence-electron chi connectivity index (χ2n) is 8.52. The zero-order valence-electron chi connectivity index (χ0n) is 17.0. The molecule has 1 unspecified atom stereocenters. The van der Waals surface area contributed by atoms with Crippen LogP contribution in [0.3, 0.4) is 0 Å². The van der Waals surface area contributed by atoms with Crippen molar-refractivity contribution in [1.29, 1.82) is 0 Å². The summed E-state index contributed by atoms with van der Waals surface area (Å²) in [6.45, 7) is 12.4. The van der Waals surface area contributed by atoms with Crippen molar-refractivity contribution in [1.82, 2.24) is 25.0 Å². The first kappa shape index (κ1) is 19.1. The molecule has 1 atom stereocenters. The Labute approximate surface area is 157 Å². The highest BCUT2D eigenvalue weighted by Crippen LogP contribution is 2.21. The van der Waals surface area contributed by atoms with E-state index in [4.69, 9.17) is 4.74 Å². The average Bonchev–Trinajstić information content (AvgIpc) is 2.96. The summed E-state index contributed by atoms with van der Waals surface area (Å²) in [4.78, 5) is 6.87. The van der Waals surface area contributed by atoms with E-state index in [1.165, 1.54) is 0 Å². The maximum atomic E-state index is 6.13. The Kier molecular flexibility index (Phi) is 5.85. The minimum Gasteiger partial charge on any atom is -0.372 e. The lowest BCUT2D eigenvalue weighted by Gasteiger charge is -2.37. The highest BCUT2D eigenvalue weighted by molar-refractivity contribution is 5.79. The molecule has 26 heavy (non-hydrogen) atoms. The van der Waals surface area contributed by atoms with Crippen molar-refractivity contribution in [3.63, 3.8) is 0 Å². The summed E-state index contributed by atoms with van der Waals surface area (Å²) in [5.41, 5.74) is -0.0626. The standard InChI is InChI=1S/C19H34N6O/c1-14-22-23-17-7-6-15(13-25(14)17)12-21-18(20-5)24-10-8-16(9-11-24)26-19(2,3)4/h15-16H,6-13H2,1-5H3,(H,20,21). The van der Waals surface area contributed by atoms with Crippen LogP contribution in [0.5, 0.6) is 0 Å². The fraction of sp³-hybridized carbons (Fsp3) is 0.842. The topological polar surface area (TPSA) is 67.6 Å². The van der Waals surface area contributed by atoms with Gasteiger partial charge in [0.05, 0.1) is 11.7 Å². The number of hydrogen-bond acceptors (Lipinski definition) is 4. The van der Waals surface area contributed by atoms with Crippen LogP contribution in [0.15, 0.2) is 4.99 Å². The second kappa shape index (κ2) is 7.94. The average molecular weight is 363 g/mol. The molecule has 0 spiro atoms. The van der Waals surface area contributed by atoms with Crippen molar-refractivity contribution < 1.29 is 4.74 Å². The number of aryl methyl sites for hydroxylation is 2. The zero-order valence-corrected chi connectivity index (χ0v) is 17.0. The fourth-order valence-electron chi connectivity index (χ4n) is 3.95. The maximum Gasteiger partial charge on any atom is 0.193 e. The van der Waals surface area contributed by atoms with Gasteiger partial charge in [0.2, 0.25) is 0 Å². The van der Waals surface area contributed by atoms with E-state index in [-0.39, 0.29) is 5.60 Å². The number of aromatic nitrogens is 3. The molecule has 1 fully saturated rings. The van der Waals surface area contributed by atoms with E-state index < -0.39 is 0 Å². The number of ether oxygens (including phenoxy) is 1. The summed E-state index contributed by atoms with van der Waals surface area (Å²) in [5, 5.41) is 12.1. The molecule has 1 aromatic rings. The van der Waals surface area contributed by atoms with E-state index in [0.29, 0.717) is 12.0 Å². The third-order valence-electron chi connectivity index (χ3n) is 5.25. The first-order valence-corrected chi connectivity index (χ1v) is 9.88. The molecule has 146 valence electrons. The lowest BCUT2D eigenvalue weighted by atomic mass is 9.99. The van der Waals surface area contributed by atoms with Gasteiger partial charge in [0.15, 0.2) is 5.96 Å². The minimum atomic E-state index is -0.0626. The first-order chi connectivity index (χ1) is 12.4. The molecule has 0 radical (unpaired) electrons. The van der Waals surface area contributed by atoms with Crippen molar-refractivity contribution in [2.75, 3.05) is 26.7 Å². The van der Waals surface area contributed by atoms with Crippen LogP contribution in [0.25, 0.3) is 0 Å². The van der Waals surface area contributed by atoms with Crippen molar-refractivity contribution in [2.24, 2.45) is 10.9 Å². The number of nitrogens with zero attached hydrogens (tertiary/aromatic N) is 5. The number of likely N-dealkylation sites (tertiary alicyclic amines) is 1. The van der Waals surface area contributed by atoms with Gasteiger partial charge in [-0.1, -0.05) is 0 Å². The molecule has 1 N–H and O–H groups in total. The molecule has 7 heteroatoms. The van der Waals surface area contributed by atoms with Crippen molar-refractivity contribution >= 4 is 5.96 Å². The van der Waals surface area contributed by atoms with Crippen LogP contribution in [0.1, 0.15) is 51.7 Å². The van der Waals surface area contributed by atoms with E-state index >= 15 is 0 Å². The van der Waals surface area contributed by atoms with Gasteiger partial charge >= 0.3 is 0 Å². The number of rotatable bonds is 3. The minimum absolute atomic E-state index is 0.0626. The molecule has 0 amide bonds. The Balaban J connectivity index is 1.47. The molecule has 3 rings (SSSR count).